The molecule has 0 unspecified atom stereocenters. The highest BCUT2D eigenvalue weighted by Gasteiger charge is 2.27. The number of aromatic amines is 1. The van der Waals surface area contributed by atoms with Crippen molar-refractivity contribution in [3.63, 3.8) is 0 Å². The highest BCUT2D eigenvalue weighted by Crippen LogP contribution is 2.24. The number of Topliss-reactive ketones (excluding diaryl/α,β-unsaturated/α-hetero) is 1. The topological polar surface area (TPSA) is 85.5 Å². The molecule has 6 nitrogen and oxygen atoms in total. The lowest BCUT2D eigenvalue weighted by Gasteiger charge is -2.12. The number of aryl methyl sites for hydroxylation is 1. The van der Waals surface area contributed by atoms with Crippen LogP contribution in [0.4, 0.5) is 0 Å². The largest absolute Gasteiger partial charge is 0.462 e. The highest BCUT2D eigenvalue weighted by molar-refractivity contribution is 6.42. The number of hydrogen-bond donors (Lipinski definition) is 1. The van der Waals surface area contributed by atoms with Crippen molar-refractivity contribution in [2.45, 2.75) is 33.8 Å². The van der Waals surface area contributed by atoms with Crippen LogP contribution in [0, 0.1) is 13.8 Å². The maximum absolute atomic E-state index is 12.7. The van der Waals surface area contributed by atoms with Crippen LogP contribution in [-0.2, 0) is 9.47 Å². The zero-order chi connectivity index (χ0) is 20.3. The van der Waals surface area contributed by atoms with E-state index in [4.69, 9.17) is 32.7 Å². The number of hydrogen-bond acceptors (Lipinski definition) is 5. The average Bonchev–Trinajstić information content (AvgIpc) is 2.91. The summed E-state index contributed by atoms with van der Waals surface area (Å²) in [4.78, 5) is 39.9. The van der Waals surface area contributed by atoms with Gasteiger partial charge < -0.3 is 14.5 Å². The Morgan fingerprint density at radius 3 is 2.37 bits per heavy atom. The van der Waals surface area contributed by atoms with Crippen LogP contribution in [0.1, 0.15) is 56.3 Å². The van der Waals surface area contributed by atoms with Gasteiger partial charge in [0.05, 0.1) is 33.5 Å². The summed E-state index contributed by atoms with van der Waals surface area (Å²) in [6.45, 7) is 6.69. The lowest BCUT2D eigenvalue weighted by Crippen LogP contribution is -2.25. The third-order valence-electron chi connectivity index (χ3n) is 3.97. The van der Waals surface area contributed by atoms with Gasteiger partial charge >= 0.3 is 11.9 Å². The van der Waals surface area contributed by atoms with Crippen LogP contribution in [0.15, 0.2) is 18.2 Å². The smallest absolute Gasteiger partial charge is 0.340 e. The van der Waals surface area contributed by atoms with E-state index in [-0.39, 0.29) is 22.9 Å². The first kappa shape index (κ1) is 21.0. The molecule has 0 bridgehead atoms. The van der Waals surface area contributed by atoms with Crippen LogP contribution in [-0.4, -0.2) is 35.4 Å². The van der Waals surface area contributed by atoms with Crippen LogP contribution in [0.25, 0.3) is 0 Å². The van der Waals surface area contributed by atoms with Gasteiger partial charge in [0.1, 0.15) is 0 Å². The Morgan fingerprint density at radius 2 is 1.78 bits per heavy atom. The summed E-state index contributed by atoms with van der Waals surface area (Å²) >= 11 is 11.7. The van der Waals surface area contributed by atoms with E-state index in [0.29, 0.717) is 21.8 Å². The van der Waals surface area contributed by atoms with Crippen molar-refractivity contribution in [2.75, 3.05) is 6.61 Å². The Labute approximate surface area is 166 Å². The van der Waals surface area contributed by atoms with E-state index < -0.39 is 23.8 Å². The second-order valence-electron chi connectivity index (χ2n) is 5.89. The molecule has 0 radical (unpaired) electrons. The van der Waals surface area contributed by atoms with Crippen molar-refractivity contribution >= 4 is 40.9 Å². The number of halogens is 2. The number of carbonyl (C=O) groups is 3. The van der Waals surface area contributed by atoms with Gasteiger partial charge in [-0.1, -0.05) is 23.2 Å². The molecule has 144 valence electrons. The number of rotatable bonds is 6. The van der Waals surface area contributed by atoms with Crippen molar-refractivity contribution in [1.29, 1.82) is 0 Å². The zero-order valence-corrected chi connectivity index (χ0v) is 16.8. The fourth-order valence-corrected chi connectivity index (χ4v) is 2.91. The molecular formula is C19H19Cl2NO5. The molecule has 2 aromatic rings. The molecule has 1 aromatic heterocycles. The monoisotopic (exact) mass is 411 g/mol. The van der Waals surface area contributed by atoms with Gasteiger partial charge in [-0.25, -0.2) is 9.59 Å². The van der Waals surface area contributed by atoms with Crippen molar-refractivity contribution in [1.82, 2.24) is 4.98 Å². The minimum atomic E-state index is -1.07. The average molecular weight is 412 g/mol. The summed E-state index contributed by atoms with van der Waals surface area (Å²) in [5, 5.41) is 0.515. The normalized spacial score (nSPS) is 11.8. The van der Waals surface area contributed by atoms with Gasteiger partial charge in [0, 0.05) is 5.69 Å². The fourth-order valence-electron chi connectivity index (χ4n) is 2.61. The van der Waals surface area contributed by atoms with Gasteiger partial charge in [0.15, 0.2) is 6.10 Å². The molecule has 0 saturated heterocycles. The van der Waals surface area contributed by atoms with Gasteiger partial charge in [-0.2, -0.15) is 0 Å². The van der Waals surface area contributed by atoms with E-state index in [1.54, 1.807) is 20.8 Å². The number of ketones is 1. The molecule has 8 heteroatoms. The molecule has 1 heterocycles. The second kappa shape index (κ2) is 8.59. The van der Waals surface area contributed by atoms with Crippen molar-refractivity contribution in [3.05, 3.63) is 56.3 Å². The van der Waals surface area contributed by atoms with E-state index in [9.17, 15) is 14.4 Å². The van der Waals surface area contributed by atoms with Crippen molar-refractivity contribution < 1.29 is 23.9 Å². The molecule has 0 amide bonds. The molecule has 0 aliphatic rings. The number of aromatic nitrogens is 1. The van der Waals surface area contributed by atoms with E-state index in [1.807, 2.05) is 0 Å². The molecule has 1 N–H and O–H groups in total. The minimum Gasteiger partial charge on any atom is -0.462 e. The maximum atomic E-state index is 12.7. The summed E-state index contributed by atoms with van der Waals surface area (Å²) in [5.74, 6) is -1.68. The molecule has 1 aromatic carbocycles. The predicted octanol–water partition coefficient (Wildman–Crippen LogP) is 4.54. The molecule has 1 atom stereocenters. The van der Waals surface area contributed by atoms with Crippen molar-refractivity contribution in [2.24, 2.45) is 0 Å². The van der Waals surface area contributed by atoms with Crippen LogP contribution in [0.2, 0.25) is 10.0 Å². The van der Waals surface area contributed by atoms with Gasteiger partial charge in [0.2, 0.25) is 5.78 Å². The predicted molar refractivity (Wildman–Crippen MR) is 102 cm³/mol. The van der Waals surface area contributed by atoms with Gasteiger partial charge in [-0.15, -0.1) is 0 Å². The summed E-state index contributed by atoms with van der Waals surface area (Å²) in [6.07, 6.45) is -1.07. The molecule has 27 heavy (non-hydrogen) atoms. The van der Waals surface area contributed by atoms with Crippen LogP contribution in [0.3, 0.4) is 0 Å². The first-order valence-electron chi connectivity index (χ1n) is 8.23. The van der Waals surface area contributed by atoms with Gasteiger partial charge in [-0.3, -0.25) is 4.79 Å². The summed E-state index contributed by atoms with van der Waals surface area (Å²) in [7, 11) is 0. The van der Waals surface area contributed by atoms with Crippen LogP contribution in [0.5, 0.6) is 0 Å². The number of esters is 2. The number of carbonyl (C=O) groups excluding carboxylic acids is 3. The Morgan fingerprint density at radius 1 is 1.11 bits per heavy atom. The van der Waals surface area contributed by atoms with E-state index >= 15 is 0 Å². The Kier molecular flexibility index (Phi) is 6.68. The molecule has 2 rings (SSSR count). The van der Waals surface area contributed by atoms with Crippen LogP contribution >= 0.6 is 23.2 Å². The van der Waals surface area contributed by atoms with E-state index in [1.165, 1.54) is 25.1 Å². The van der Waals surface area contributed by atoms with Gasteiger partial charge in [0.25, 0.3) is 0 Å². The molecule has 0 spiro atoms. The number of ether oxygens (including phenoxy) is 2. The summed E-state index contributed by atoms with van der Waals surface area (Å²) < 4.78 is 10.2. The fraction of sp³-hybridized carbons (Fsp3) is 0.316. The third kappa shape index (κ3) is 4.51. The van der Waals surface area contributed by atoms with Crippen molar-refractivity contribution in [3.8, 4) is 0 Å². The molecular weight excluding hydrogens is 393 g/mol. The zero-order valence-electron chi connectivity index (χ0n) is 15.3. The SMILES string of the molecule is CCOC(=O)c1c(C)[nH]c(C(=O)[C@H](C)OC(=O)c2ccc(Cl)c(Cl)c2)c1C. The van der Waals surface area contributed by atoms with E-state index in [0.717, 1.165) is 0 Å². The molecule has 0 aliphatic carbocycles. The second-order valence-corrected chi connectivity index (χ2v) is 6.70. The van der Waals surface area contributed by atoms with Crippen LogP contribution < -0.4 is 0 Å². The maximum Gasteiger partial charge on any atom is 0.340 e. The molecule has 0 aliphatic heterocycles. The lowest BCUT2D eigenvalue weighted by atomic mass is 10.1. The molecule has 0 saturated carbocycles. The number of H-pyrrole nitrogens is 1. The first-order valence-corrected chi connectivity index (χ1v) is 8.99. The highest BCUT2D eigenvalue weighted by atomic mass is 35.5. The van der Waals surface area contributed by atoms with Gasteiger partial charge in [-0.05, 0) is 51.5 Å². The summed E-state index contributed by atoms with van der Waals surface area (Å²) in [5.41, 5.74) is 1.65. The third-order valence-corrected chi connectivity index (χ3v) is 4.71. The first-order chi connectivity index (χ1) is 12.7. The Bertz CT molecular complexity index is 904. The molecule has 0 fully saturated rings. The number of nitrogens with one attached hydrogen (secondary N) is 1. The number of benzene rings is 1. The minimum absolute atomic E-state index is 0.177. The Balaban J connectivity index is 2.20. The van der Waals surface area contributed by atoms with E-state index in [2.05, 4.69) is 4.98 Å². The quantitative estimate of drug-likeness (QED) is 0.556. The Hall–Kier alpha value is -2.31. The standard InChI is InChI=1S/C19H19Cl2NO5/c1-5-26-19(25)15-9(2)16(22-10(15)3)17(23)11(4)27-18(24)12-6-7-13(20)14(21)8-12/h6-8,11,22H,5H2,1-4H3/t11-/m0/s1. The summed E-state index contributed by atoms with van der Waals surface area (Å²) in [6, 6.07) is 4.29. The lowest BCUT2D eigenvalue weighted by molar-refractivity contribution is 0.0316.